The summed E-state index contributed by atoms with van der Waals surface area (Å²) in [5, 5.41) is -0.0738. The van der Waals surface area contributed by atoms with Gasteiger partial charge in [-0.3, -0.25) is 0 Å². The molecule has 3 aliphatic rings. The van der Waals surface area contributed by atoms with E-state index >= 15 is 0 Å². The average molecular weight is 858 g/mol. The van der Waals surface area contributed by atoms with E-state index in [2.05, 4.69) is 0 Å². The first-order valence-electron chi connectivity index (χ1n) is 31.3. The van der Waals surface area contributed by atoms with E-state index in [0.717, 1.165) is 11.3 Å². The fraction of sp³-hybridized carbons (Fsp3) is 0.276. The summed E-state index contributed by atoms with van der Waals surface area (Å²) >= 11 is 0.813. The van der Waals surface area contributed by atoms with Gasteiger partial charge in [0.1, 0.15) is 0 Å². The molecule has 7 aromatic carbocycles. The molecule has 0 bridgehead atoms. The number of anilines is 6. The summed E-state index contributed by atoms with van der Waals surface area (Å²) in [6.45, 7) is 19.9. The normalized spacial score (nSPS) is 19.0. The maximum absolute atomic E-state index is 10.7. The molecule has 5 heteroatoms. The first kappa shape index (κ1) is 23.2. The van der Waals surface area contributed by atoms with Crippen molar-refractivity contribution in [1.29, 1.82) is 0 Å². The van der Waals surface area contributed by atoms with Crippen molar-refractivity contribution < 1.29 is 27.4 Å². The molecule has 63 heavy (non-hydrogen) atoms. The molecule has 0 aliphatic carbocycles. The maximum Gasteiger partial charge on any atom is 0.252 e. The van der Waals surface area contributed by atoms with Crippen LogP contribution in [0.5, 0.6) is 0 Å². The van der Waals surface area contributed by atoms with Crippen molar-refractivity contribution in [3.8, 4) is 5.69 Å². The number of thiophene rings is 1. The molecule has 12 rings (SSSR count). The zero-order chi connectivity index (χ0) is 61.3. The molecule has 0 saturated heterocycles. The Balaban J connectivity index is 1.41. The van der Waals surface area contributed by atoms with Crippen LogP contribution in [0.3, 0.4) is 0 Å². The smallest absolute Gasteiger partial charge is 0.252 e. The van der Waals surface area contributed by atoms with Gasteiger partial charge in [0.05, 0.1) is 55.5 Å². The summed E-state index contributed by atoms with van der Waals surface area (Å²) in [4.78, 5) is 2.77. The Hall–Kier alpha value is -5.78. The van der Waals surface area contributed by atoms with E-state index in [0.29, 0.717) is 0 Å². The van der Waals surface area contributed by atoms with Gasteiger partial charge < -0.3 is 14.4 Å². The van der Waals surface area contributed by atoms with E-state index in [1.807, 2.05) is 41.5 Å². The molecule has 0 N–H and O–H groups in total. The second kappa shape index (κ2) is 12.5. The average Bonchev–Trinajstić information content (AvgIpc) is 1.65. The van der Waals surface area contributed by atoms with Gasteiger partial charge in [-0.15, -0.1) is 11.3 Å². The molecule has 0 radical (unpaired) electrons. The monoisotopic (exact) mass is 858 g/mol. The number of hydrogen-bond donors (Lipinski definition) is 0. The molecule has 9 aromatic rings. The van der Waals surface area contributed by atoms with Crippen LogP contribution >= 0.6 is 11.3 Å². The predicted molar refractivity (Wildman–Crippen MR) is 276 cm³/mol. The summed E-state index contributed by atoms with van der Waals surface area (Å²) in [7, 11) is 0. The predicted octanol–water partition coefficient (Wildman–Crippen LogP) is 14.7. The molecule has 5 heterocycles. The van der Waals surface area contributed by atoms with Crippen molar-refractivity contribution in [3.63, 3.8) is 0 Å². The molecular weight excluding hydrogens is 782 g/mol. The summed E-state index contributed by atoms with van der Waals surface area (Å²) in [5.41, 5.74) is -5.14. The Kier molecular flexibility index (Phi) is 4.60. The summed E-state index contributed by atoms with van der Waals surface area (Å²) in [6.07, 6.45) is 0. The highest BCUT2D eigenvalue weighted by Crippen LogP contribution is 2.54. The van der Waals surface area contributed by atoms with Crippen LogP contribution in [0.25, 0.3) is 47.7 Å². The molecule has 0 amide bonds. The molecule has 0 fully saturated rings. The second-order valence-electron chi connectivity index (χ2n) is 21.1. The van der Waals surface area contributed by atoms with E-state index in [4.69, 9.17) is 5.48 Å². The van der Waals surface area contributed by atoms with Crippen LogP contribution in [-0.2, 0) is 21.7 Å². The van der Waals surface area contributed by atoms with Crippen molar-refractivity contribution >= 4 is 111 Å². The number of aromatic nitrogens is 1. The quantitative estimate of drug-likeness (QED) is 0.152. The van der Waals surface area contributed by atoms with Gasteiger partial charge in [0, 0.05) is 53.7 Å². The molecule has 0 atom stereocenters. The minimum absolute atomic E-state index is 0.0148. The van der Waals surface area contributed by atoms with Gasteiger partial charge in [0.15, 0.2) is 0 Å². The molecule has 0 unspecified atom stereocenters. The highest BCUT2D eigenvalue weighted by Gasteiger charge is 2.47. The van der Waals surface area contributed by atoms with Crippen molar-refractivity contribution in [3.05, 3.63) is 143 Å². The van der Waals surface area contributed by atoms with E-state index < -0.39 is 107 Å². The van der Waals surface area contributed by atoms with Crippen LogP contribution in [-0.4, -0.2) is 11.3 Å². The molecule has 0 spiro atoms. The fourth-order valence-electron chi connectivity index (χ4n) is 9.11. The summed E-state index contributed by atoms with van der Waals surface area (Å²) in [6, 6.07) is -8.86. The van der Waals surface area contributed by atoms with Gasteiger partial charge >= 0.3 is 0 Å². The van der Waals surface area contributed by atoms with E-state index in [9.17, 15) is 21.9 Å². The zero-order valence-corrected chi connectivity index (χ0v) is 38.1. The molecule has 2 aromatic heterocycles. The Morgan fingerprint density at radius 2 is 1.06 bits per heavy atom. The molecule has 0 saturated carbocycles. The molecular formula is C58H56BN3S. The first-order valence-corrected chi connectivity index (χ1v) is 22.1. The van der Waals surface area contributed by atoms with Crippen LogP contribution in [0, 0.1) is 0 Å². The topological polar surface area (TPSA) is 11.4 Å². The number of fused-ring (bicyclic) bond motifs is 12. The number of para-hydroxylation sites is 1. The van der Waals surface area contributed by atoms with Gasteiger partial charge in [0.2, 0.25) is 0 Å². The minimum atomic E-state index is -1.56. The third-order valence-corrected chi connectivity index (χ3v) is 13.4. The van der Waals surface area contributed by atoms with Gasteiger partial charge in [0.25, 0.3) is 6.71 Å². The van der Waals surface area contributed by atoms with E-state index in [-0.39, 0.29) is 163 Å². The third-order valence-electron chi connectivity index (χ3n) is 12.4. The summed E-state index contributed by atoms with van der Waals surface area (Å²) in [5.74, 6) is 0. The van der Waals surface area contributed by atoms with Crippen LogP contribution in [0.1, 0.15) is 133 Å². The molecule has 3 nitrogen and oxygen atoms in total. The van der Waals surface area contributed by atoms with Crippen molar-refractivity contribution in [2.75, 3.05) is 9.80 Å². The third kappa shape index (κ3) is 5.45. The lowest BCUT2D eigenvalue weighted by Crippen LogP contribution is -2.62. The Morgan fingerprint density at radius 1 is 0.444 bits per heavy atom. The van der Waals surface area contributed by atoms with E-state index in [1.54, 1.807) is 41.5 Å². The Morgan fingerprint density at radius 3 is 1.79 bits per heavy atom. The number of nitrogens with zero attached hydrogens (tertiary/aromatic N) is 3. The standard InChI is InChI=1S/C58H56BN3S/c1-55(2,3)33-20-23-44-39(26-33)41-27-35(57(7,8)9)31-49-53(41)61(44)46-18-15-17-42-54(46)62(49)48-30-36(58(10,11)12)29-47-52(48)59(42)43-28-34(56(4,5)6)21-24-45(43)60(47)37-22-25-51-40(32-37)38-16-13-14-19-50(38)63-51/h13-32H,1-12H3/i13D,14D,15D,16D,17D,18D,19D,20D,21D,22D,23D,24D,25D,26D,27D,28D,29D,30D,31D,32D. The SMILES string of the molecule is [2H]c1c([2H])c2c3c(c1[2H])-n1c4c([2H])c([2H])c(C(C)(C)C)c([2H])c4c4c([2H])c(C(C)(C)C)c([2H])c(c41)N3c1c([2H])c(C(C)(C)C)c([2H])c3c1B2c1c([2H])c(C(C)(C)C)c([2H])c([2H])c1N3c1c([2H])c([2H])c2sc3c([2H])c([2H])c([2H])c([2H])c3c2c1[2H]. The zero-order valence-electron chi connectivity index (χ0n) is 57.3. The van der Waals surface area contributed by atoms with Crippen LogP contribution < -0.4 is 26.2 Å². The minimum Gasteiger partial charge on any atom is -0.311 e. The van der Waals surface area contributed by atoms with Crippen LogP contribution in [0.15, 0.2) is 121 Å². The lowest BCUT2D eigenvalue weighted by atomic mass is 9.33. The maximum atomic E-state index is 10.7. The molecule has 312 valence electrons. The Bertz CT molecular complexity index is 4630. The lowest BCUT2D eigenvalue weighted by Gasteiger charge is -2.47. The van der Waals surface area contributed by atoms with Gasteiger partial charge in [-0.25, -0.2) is 0 Å². The summed E-state index contributed by atoms with van der Waals surface area (Å²) < 4.78 is 199. The molecule has 3 aliphatic heterocycles. The highest BCUT2D eigenvalue weighted by atomic mass is 32.1. The van der Waals surface area contributed by atoms with Crippen molar-refractivity contribution in [1.82, 2.24) is 4.57 Å². The largest absolute Gasteiger partial charge is 0.311 e. The van der Waals surface area contributed by atoms with E-state index in [1.165, 1.54) is 14.4 Å². The highest BCUT2D eigenvalue weighted by molar-refractivity contribution is 7.25. The van der Waals surface area contributed by atoms with Crippen LogP contribution in [0.4, 0.5) is 34.1 Å². The second-order valence-corrected chi connectivity index (χ2v) is 22.1. The number of hydrogen-bond acceptors (Lipinski definition) is 3. The first-order chi connectivity index (χ1) is 38.2. The lowest BCUT2D eigenvalue weighted by molar-refractivity contribution is 0.590. The van der Waals surface area contributed by atoms with Crippen molar-refractivity contribution in [2.45, 2.75) is 105 Å². The number of rotatable bonds is 1. The van der Waals surface area contributed by atoms with Gasteiger partial charge in [-0.1, -0.05) is 131 Å². The fourth-order valence-corrected chi connectivity index (χ4v) is 10.0. The Labute approximate surface area is 405 Å². The van der Waals surface area contributed by atoms with Gasteiger partial charge in [-0.05, 0) is 133 Å². The van der Waals surface area contributed by atoms with Crippen molar-refractivity contribution in [2.24, 2.45) is 0 Å². The number of benzene rings is 7. The van der Waals surface area contributed by atoms with Crippen LogP contribution in [0.2, 0.25) is 0 Å². The van der Waals surface area contributed by atoms with Gasteiger partial charge in [-0.2, -0.15) is 0 Å².